The van der Waals surface area contributed by atoms with Crippen LogP contribution >= 0.6 is 12.4 Å². The second-order valence-electron chi connectivity index (χ2n) is 5.02. The summed E-state index contributed by atoms with van der Waals surface area (Å²) in [5.41, 5.74) is 8.05. The third kappa shape index (κ3) is 3.03. The Kier molecular flexibility index (Phi) is 4.85. The molecular formula is C15H19ClN4O. The number of nitrogen functional groups attached to an aromatic ring is 1. The molecule has 0 aliphatic carbocycles. The largest absolute Gasteiger partial charge is 0.383 e. The van der Waals surface area contributed by atoms with Gasteiger partial charge in [0.1, 0.15) is 11.4 Å². The van der Waals surface area contributed by atoms with E-state index in [0.717, 1.165) is 43.6 Å². The zero-order chi connectivity index (χ0) is 13.9. The van der Waals surface area contributed by atoms with Crippen molar-refractivity contribution < 1.29 is 0 Å². The van der Waals surface area contributed by atoms with Crippen LogP contribution in [0.5, 0.6) is 0 Å². The highest BCUT2D eigenvalue weighted by Gasteiger charge is 2.19. The van der Waals surface area contributed by atoms with E-state index in [1.807, 2.05) is 30.3 Å². The molecule has 6 heteroatoms. The van der Waals surface area contributed by atoms with Gasteiger partial charge >= 0.3 is 0 Å². The third-order valence-corrected chi connectivity index (χ3v) is 3.60. The van der Waals surface area contributed by atoms with E-state index in [1.165, 1.54) is 4.68 Å². The molecule has 0 atom stereocenters. The van der Waals surface area contributed by atoms with Gasteiger partial charge in [0.15, 0.2) is 0 Å². The van der Waals surface area contributed by atoms with Crippen LogP contribution in [0.25, 0.3) is 5.69 Å². The molecule has 0 bridgehead atoms. The normalized spacial score (nSPS) is 15.0. The van der Waals surface area contributed by atoms with Crippen molar-refractivity contribution in [3.63, 3.8) is 0 Å². The highest BCUT2D eigenvalue weighted by Crippen LogP contribution is 2.16. The molecule has 3 rings (SSSR count). The molecule has 2 aromatic rings. The van der Waals surface area contributed by atoms with Gasteiger partial charge < -0.3 is 5.73 Å². The Bertz CT molecular complexity index is 687. The van der Waals surface area contributed by atoms with Crippen molar-refractivity contribution in [1.82, 2.24) is 9.78 Å². The van der Waals surface area contributed by atoms with Gasteiger partial charge in [0.05, 0.1) is 11.4 Å². The first-order valence-corrected chi connectivity index (χ1v) is 6.97. The number of nitrogens with zero attached hydrogens (tertiary/aromatic N) is 2. The molecule has 0 radical (unpaired) electrons. The maximum Gasteiger partial charge on any atom is 0.282 e. The average Bonchev–Trinajstić information content (AvgIpc) is 2.67. The van der Waals surface area contributed by atoms with Crippen molar-refractivity contribution in [3.05, 3.63) is 46.2 Å². The number of aromatic nitrogens is 2. The second kappa shape index (κ2) is 6.63. The molecule has 0 fully saturated rings. The van der Waals surface area contributed by atoms with Crippen LogP contribution in [0, 0.1) is 0 Å². The molecule has 0 saturated heterocycles. The van der Waals surface area contributed by atoms with E-state index >= 15 is 0 Å². The summed E-state index contributed by atoms with van der Waals surface area (Å²) in [6.45, 7) is 0.782. The summed E-state index contributed by atoms with van der Waals surface area (Å²) in [6.07, 6.45) is 4.13. The highest BCUT2D eigenvalue weighted by molar-refractivity contribution is 6.04. The quantitative estimate of drug-likeness (QED) is 0.894. The first kappa shape index (κ1) is 15.4. The fourth-order valence-electron chi connectivity index (χ4n) is 2.57. The number of para-hydroxylation sites is 1. The molecule has 1 aliphatic rings. The first-order valence-electron chi connectivity index (χ1n) is 6.97. The van der Waals surface area contributed by atoms with E-state index in [1.54, 1.807) is 0 Å². The Morgan fingerprint density at radius 2 is 1.90 bits per heavy atom. The van der Waals surface area contributed by atoms with Crippen molar-refractivity contribution in [1.29, 1.82) is 0 Å². The summed E-state index contributed by atoms with van der Waals surface area (Å²) >= 11 is 0. The topological polar surface area (TPSA) is 76.2 Å². The summed E-state index contributed by atoms with van der Waals surface area (Å²) in [4.78, 5) is 17.1. The molecule has 1 aromatic heterocycles. The van der Waals surface area contributed by atoms with E-state index in [0.29, 0.717) is 11.4 Å². The van der Waals surface area contributed by atoms with E-state index in [9.17, 15) is 4.79 Å². The van der Waals surface area contributed by atoms with E-state index in [2.05, 4.69) is 10.1 Å². The smallest absolute Gasteiger partial charge is 0.282 e. The maximum atomic E-state index is 12.6. The number of hydrogen-bond acceptors (Lipinski definition) is 3. The molecule has 0 spiro atoms. The molecular weight excluding hydrogens is 288 g/mol. The van der Waals surface area contributed by atoms with Crippen LogP contribution in [0.2, 0.25) is 0 Å². The van der Waals surface area contributed by atoms with Crippen LogP contribution in [0.15, 0.2) is 40.1 Å². The minimum atomic E-state index is -0.116. The SMILES string of the molecule is Cl.Nc1[nH]n(-c2ccccc2)c(=O)c1C1=NCCCCC1. The Balaban J connectivity index is 0.00000161. The molecule has 0 unspecified atom stereocenters. The molecule has 3 N–H and O–H groups in total. The van der Waals surface area contributed by atoms with Crippen molar-refractivity contribution >= 4 is 23.9 Å². The summed E-state index contributed by atoms with van der Waals surface area (Å²) < 4.78 is 1.48. The number of anilines is 1. The minimum absolute atomic E-state index is 0. The van der Waals surface area contributed by atoms with Crippen molar-refractivity contribution in [3.8, 4) is 5.69 Å². The predicted molar refractivity (Wildman–Crippen MR) is 87.9 cm³/mol. The van der Waals surface area contributed by atoms with Gasteiger partial charge in [-0.3, -0.25) is 14.9 Å². The van der Waals surface area contributed by atoms with Crippen molar-refractivity contribution in [2.75, 3.05) is 12.3 Å². The molecule has 21 heavy (non-hydrogen) atoms. The van der Waals surface area contributed by atoms with E-state index in [-0.39, 0.29) is 18.0 Å². The fraction of sp³-hybridized carbons (Fsp3) is 0.333. The summed E-state index contributed by atoms with van der Waals surface area (Å²) in [7, 11) is 0. The lowest BCUT2D eigenvalue weighted by Crippen LogP contribution is -2.20. The standard InChI is InChI=1S/C15H18N4O.ClH/c16-14-13(12-9-5-2-6-10-17-12)15(20)19(18-14)11-7-3-1-4-8-11;/h1,3-4,7-8,18H,2,5-6,9-10,16H2;1H. The van der Waals surface area contributed by atoms with Crippen LogP contribution in [0.1, 0.15) is 31.2 Å². The third-order valence-electron chi connectivity index (χ3n) is 3.60. The molecule has 1 aliphatic heterocycles. The van der Waals surface area contributed by atoms with Gasteiger partial charge in [0, 0.05) is 6.54 Å². The van der Waals surface area contributed by atoms with Crippen LogP contribution < -0.4 is 11.3 Å². The zero-order valence-electron chi connectivity index (χ0n) is 11.7. The van der Waals surface area contributed by atoms with Crippen molar-refractivity contribution in [2.24, 2.45) is 4.99 Å². The van der Waals surface area contributed by atoms with Gasteiger partial charge in [-0.1, -0.05) is 24.6 Å². The lowest BCUT2D eigenvalue weighted by atomic mass is 10.1. The molecule has 5 nitrogen and oxygen atoms in total. The predicted octanol–water partition coefficient (Wildman–Crippen LogP) is 2.53. The van der Waals surface area contributed by atoms with Crippen LogP contribution in [0.4, 0.5) is 5.82 Å². The van der Waals surface area contributed by atoms with Gasteiger partial charge in [-0.25, -0.2) is 4.68 Å². The zero-order valence-corrected chi connectivity index (χ0v) is 12.5. The highest BCUT2D eigenvalue weighted by atomic mass is 35.5. The molecule has 1 aromatic carbocycles. The monoisotopic (exact) mass is 306 g/mol. The number of H-pyrrole nitrogens is 1. The molecule has 0 amide bonds. The van der Waals surface area contributed by atoms with E-state index < -0.39 is 0 Å². The first-order chi connectivity index (χ1) is 9.77. The van der Waals surface area contributed by atoms with Gasteiger partial charge in [-0.15, -0.1) is 12.4 Å². The number of benzene rings is 1. The van der Waals surface area contributed by atoms with Gasteiger partial charge in [0.2, 0.25) is 0 Å². The summed E-state index contributed by atoms with van der Waals surface area (Å²) in [6, 6.07) is 9.44. The number of nitrogens with two attached hydrogens (primary N) is 1. The maximum absolute atomic E-state index is 12.6. The van der Waals surface area contributed by atoms with Gasteiger partial charge in [-0.2, -0.15) is 0 Å². The molecule has 2 heterocycles. The molecule has 112 valence electrons. The Morgan fingerprint density at radius 3 is 2.67 bits per heavy atom. The Hall–Kier alpha value is -2.01. The number of aliphatic imine (C=N–C) groups is 1. The van der Waals surface area contributed by atoms with Crippen LogP contribution in [0.3, 0.4) is 0 Å². The number of nitrogens with one attached hydrogen (secondary N) is 1. The Labute approximate surface area is 129 Å². The summed E-state index contributed by atoms with van der Waals surface area (Å²) in [5, 5.41) is 2.95. The summed E-state index contributed by atoms with van der Waals surface area (Å²) in [5.74, 6) is 0.402. The number of rotatable bonds is 2. The molecule has 0 saturated carbocycles. The number of halogens is 1. The van der Waals surface area contributed by atoms with E-state index in [4.69, 9.17) is 5.73 Å². The second-order valence-corrected chi connectivity index (χ2v) is 5.02. The fourth-order valence-corrected chi connectivity index (χ4v) is 2.57. The lowest BCUT2D eigenvalue weighted by Gasteiger charge is -2.00. The van der Waals surface area contributed by atoms with Gasteiger partial charge in [-0.05, 0) is 31.4 Å². The van der Waals surface area contributed by atoms with Crippen LogP contribution in [-0.2, 0) is 0 Å². The minimum Gasteiger partial charge on any atom is -0.383 e. The van der Waals surface area contributed by atoms with Crippen molar-refractivity contribution in [2.45, 2.75) is 25.7 Å². The van der Waals surface area contributed by atoms with Gasteiger partial charge in [0.25, 0.3) is 5.56 Å². The number of hydrogen-bond donors (Lipinski definition) is 2. The Morgan fingerprint density at radius 1 is 1.14 bits per heavy atom. The lowest BCUT2D eigenvalue weighted by molar-refractivity contribution is 0.731. The average molecular weight is 307 g/mol. The van der Waals surface area contributed by atoms with Crippen LogP contribution in [-0.4, -0.2) is 22.0 Å². The number of aromatic amines is 1.